The Bertz CT molecular complexity index is 178. The highest BCUT2D eigenvalue weighted by Gasteiger charge is 1.96. The lowest BCUT2D eigenvalue weighted by molar-refractivity contribution is 0.344. The molecule has 0 bridgehead atoms. The van der Waals surface area contributed by atoms with Crippen LogP contribution in [-0.2, 0) is 9.47 Å². The smallest absolute Gasteiger partial charge is 0.180 e. The fraction of sp³-hybridized carbons (Fsp3) is 0.800. The minimum absolute atomic E-state index is 0. The van der Waals surface area contributed by atoms with Gasteiger partial charge in [0, 0.05) is 13.8 Å². The first-order valence-corrected chi connectivity index (χ1v) is 4.07. The van der Waals surface area contributed by atoms with Crippen LogP contribution in [0, 0.1) is 0 Å². The predicted octanol–water partition coefficient (Wildman–Crippen LogP) is 2.14. The van der Waals surface area contributed by atoms with Crippen molar-refractivity contribution in [3.8, 4) is 0 Å². The van der Waals surface area contributed by atoms with Crippen molar-refractivity contribution >= 4 is 11.8 Å². The summed E-state index contributed by atoms with van der Waals surface area (Å²) in [5.41, 5.74) is 0. The van der Waals surface area contributed by atoms with E-state index in [0.717, 1.165) is 38.1 Å². The lowest BCUT2D eigenvalue weighted by Gasteiger charge is -1.86. The van der Waals surface area contributed by atoms with Crippen molar-refractivity contribution in [3.63, 3.8) is 0 Å². The van der Waals surface area contributed by atoms with Gasteiger partial charge in [0.25, 0.3) is 0 Å². The van der Waals surface area contributed by atoms with E-state index >= 15 is 0 Å². The van der Waals surface area contributed by atoms with E-state index in [4.69, 9.17) is 9.47 Å². The molecule has 14 heavy (non-hydrogen) atoms. The maximum Gasteiger partial charge on any atom is 0.180 e. The van der Waals surface area contributed by atoms with E-state index in [-0.39, 0.29) is 14.9 Å². The zero-order valence-electron chi connectivity index (χ0n) is 7.54. The first-order chi connectivity index (χ1) is 5.79. The van der Waals surface area contributed by atoms with Crippen molar-refractivity contribution in [2.24, 2.45) is 9.98 Å². The monoisotopic (exact) mass is 202 g/mol. The number of hydrogen-bond donors (Lipinski definition) is 0. The molecule has 84 valence electrons. The summed E-state index contributed by atoms with van der Waals surface area (Å²) in [4.78, 5) is 7.86. The van der Waals surface area contributed by atoms with Crippen LogP contribution in [0.4, 0.5) is 0 Å². The normalized spacial score (nSPS) is 17.0. The molecule has 0 aliphatic carbocycles. The van der Waals surface area contributed by atoms with Gasteiger partial charge in [0.15, 0.2) is 11.8 Å². The van der Waals surface area contributed by atoms with Gasteiger partial charge in [-0.05, 0) is 0 Å². The van der Waals surface area contributed by atoms with Crippen LogP contribution in [0.3, 0.4) is 0 Å². The molecule has 2 heterocycles. The molecule has 2 aliphatic rings. The second-order valence-electron chi connectivity index (χ2n) is 2.50. The highest BCUT2D eigenvalue weighted by Crippen LogP contribution is 1.90. The average Bonchev–Trinajstić information content (AvgIpc) is 2.63. The summed E-state index contributed by atoms with van der Waals surface area (Å²) in [6.07, 6.45) is 0. The van der Waals surface area contributed by atoms with E-state index in [9.17, 15) is 0 Å². The van der Waals surface area contributed by atoms with Gasteiger partial charge in [0.05, 0.1) is 13.1 Å². The first-order valence-electron chi connectivity index (χ1n) is 4.07. The predicted molar refractivity (Wildman–Crippen MR) is 61.3 cm³/mol. The third-order valence-electron chi connectivity index (χ3n) is 1.47. The highest BCUT2D eigenvalue weighted by atomic mass is 16.5. The molecule has 4 nitrogen and oxygen atoms in total. The second kappa shape index (κ2) is 8.53. The Morgan fingerprint density at radius 3 is 1.29 bits per heavy atom. The molecule has 4 heteroatoms. The summed E-state index contributed by atoms with van der Waals surface area (Å²) in [7, 11) is 0. The standard InChI is InChI=1S/2C4H7NO.2CH4/c2*1-4-5-2-3-6-4;;/h2*2-3H2,1H3;2*1H4. The van der Waals surface area contributed by atoms with Crippen molar-refractivity contribution < 1.29 is 9.47 Å². The van der Waals surface area contributed by atoms with Gasteiger partial charge in [0.2, 0.25) is 0 Å². The van der Waals surface area contributed by atoms with Gasteiger partial charge in [-0.1, -0.05) is 14.9 Å². The molecule has 0 aromatic carbocycles. The van der Waals surface area contributed by atoms with Crippen molar-refractivity contribution in [2.45, 2.75) is 28.7 Å². The third kappa shape index (κ3) is 6.46. The lowest BCUT2D eigenvalue weighted by Crippen LogP contribution is -1.89. The molecule has 2 rings (SSSR count). The Hall–Kier alpha value is -1.06. The fourth-order valence-corrected chi connectivity index (χ4v) is 0.884. The molecule has 0 unspecified atom stereocenters. The van der Waals surface area contributed by atoms with Crippen LogP contribution in [0.5, 0.6) is 0 Å². The molecule has 0 N–H and O–H groups in total. The second-order valence-corrected chi connectivity index (χ2v) is 2.50. The lowest BCUT2D eigenvalue weighted by atomic mass is 10.8. The van der Waals surface area contributed by atoms with Crippen LogP contribution < -0.4 is 0 Å². The first kappa shape index (κ1) is 15.4. The Labute approximate surface area is 87.0 Å². The van der Waals surface area contributed by atoms with Crippen LogP contribution in [-0.4, -0.2) is 38.1 Å². The minimum Gasteiger partial charge on any atom is -0.479 e. The van der Waals surface area contributed by atoms with Crippen molar-refractivity contribution in [1.82, 2.24) is 0 Å². The molecule has 0 amide bonds. The molecule has 2 aliphatic heterocycles. The zero-order chi connectivity index (χ0) is 8.81. The van der Waals surface area contributed by atoms with Crippen LogP contribution in [0.25, 0.3) is 0 Å². The van der Waals surface area contributed by atoms with E-state index in [1.807, 2.05) is 13.8 Å². The van der Waals surface area contributed by atoms with Gasteiger partial charge in [-0.3, -0.25) is 9.98 Å². The molecule has 0 aromatic heterocycles. The van der Waals surface area contributed by atoms with E-state index in [2.05, 4.69) is 9.98 Å². The minimum atomic E-state index is 0. The summed E-state index contributed by atoms with van der Waals surface area (Å²) in [5.74, 6) is 1.66. The molecular formula is C10H22N2O2. The number of aliphatic imine (C=N–C) groups is 2. The van der Waals surface area contributed by atoms with Crippen molar-refractivity contribution in [2.75, 3.05) is 26.3 Å². The highest BCUT2D eigenvalue weighted by molar-refractivity contribution is 5.74. The quantitative estimate of drug-likeness (QED) is 0.604. The molecule has 0 aromatic rings. The van der Waals surface area contributed by atoms with Gasteiger partial charge < -0.3 is 9.47 Å². The van der Waals surface area contributed by atoms with Crippen LogP contribution >= 0.6 is 0 Å². The maximum atomic E-state index is 4.90. The van der Waals surface area contributed by atoms with E-state index in [1.165, 1.54) is 0 Å². The summed E-state index contributed by atoms with van der Waals surface area (Å²) >= 11 is 0. The summed E-state index contributed by atoms with van der Waals surface area (Å²) in [5, 5.41) is 0. The summed E-state index contributed by atoms with van der Waals surface area (Å²) in [6, 6.07) is 0. The molecular weight excluding hydrogens is 180 g/mol. The third-order valence-corrected chi connectivity index (χ3v) is 1.47. The van der Waals surface area contributed by atoms with Crippen LogP contribution in [0.2, 0.25) is 0 Å². The summed E-state index contributed by atoms with van der Waals surface area (Å²) in [6.45, 7) is 7.01. The molecule has 0 atom stereocenters. The Morgan fingerprint density at radius 2 is 1.21 bits per heavy atom. The van der Waals surface area contributed by atoms with Gasteiger partial charge in [-0.25, -0.2) is 0 Å². The Morgan fingerprint density at radius 1 is 0.857 bits per heavy atom. The average molecular weight is 202 g/mol. The molecule has 0 spiro atoms. The SMILES string of the molecule is C.C.CC1=NCCO1.CC1=NCCO1. The summed E-state index contributed by atoms with van der Waals surface area (Å²) < 4.78 is 9.81. The number of rotatable bonds is 0. The maximum absolute atomic E-state index is 4.90. The Kier molecular flexibility index (Phi) is 9.40. The Balaban J connectivity index is 0. The van der Waals surface area contributed by atoms with Crippen molar-refractivity contribution in [1.29, 1.82) is 0 Å². The van der Waals surface area contributed by atoms with Crippen molar-refractivity contribution in [3.05, 3.63) is 0 Å². The molecule has 0 saturated carbocycles. The zero-order valence-corrected chi connectivity index (χ0v) is 7.54. The van der Waals surface area contributed by atoms with Gasteiger partial charge in [-0.15, -0.1) is 0 Å². The van der Waals surface area contributed by atoms with E-state index in [1.54, 1.807) is 0 Å². The number of hydrogen-bond acceptors (Lipinski definition) is 4. The number of ether oxygens (including phenoxy) is 2. The number of nitrogens with zero attached hydrogens (tertiary/aromatic N) is 2. The van der Waals surface area contributed by atoms with Crippen LogP contribution in [0.15, 0.2) is 9.98 Å². The molecule has 0 radical (unpaired) electrons. The largest absolute Gasteiger partial charge is 0.479 e. The van der Waals surface area contributed by atoms with E-state index in [0.29, 0.717) is 0 Å². The molecule has 0 fully saturated rings. The van der Waals surface area contributed by atoms with Crippen LogP contribution in [0.1, 0.15) is 28.7 Å². The van der Waals surface area contributed by atoms with E-state index < -0.39 is 0 Å². The fourth-order valence-electron chi connectivity index (χ4n) is 0.884. The topological polar surface area (TPSA) is 43.2 Å². The van der Waals surface area contributed by atoms with Gasteiger partial charge in [0.1, 0.15) is 13.2 Å². The molecule has 0 saturated heterocycles. The van der Waals surface area contributed by atoms with Gasteiger partial charge >= 0.3 is 0 Å². The van der Waals surface area contributed by atoms with Gasteiger partial charge in [-0.2, -0.15) is 0 Å².